The van der Waals surface area contributed by atoms with Crippen molar-refractivity contribution in [3.63, 3.8) is 0 Å². The summed E-state index contributed by atoms with van der Waals surface area (Å²) in [6.07, 6.45) is 0. The molecule has 7 nitrogen and oxygen atoms in total. The van der Waals surface area contributed by atoms with Crippen LogP contribution >= 0.6 is 11.8 Å². The van der Waals surface area contributed by atoms with E-state index < -0.39 is 0 Å². The van der Waals surface area contributed by atoms with Gasteiger partial charge >= 0.3 is 6.01 Å². The normalized spacial score (nSPS) is 11.0. The molecule has 2 heterocycles. The SMILES string of the molecule is CCn1c(SCC(=O)Nc2nc(C)no2)nc2ccccc21. The van der Waals surface area contributed by atoms with Gasteiger partial charge in [-0.25, -0.2) is 4.98 Å². The second kappa shape index (κ2) is 6.18. The molecule has 3 rings (SSSR count). The zero-order valence-electron chi connectivity index (χ0n) is 12.2. The third-order valence-corrected chi connectivity index (χ3v) is 4.02. The fourth-order valence-corrected chi connectivity index (χ4v) is 2.98. The highest BCUT2D eigenvalue weighted by molar-refractivity contribution is 7.99. The highest BCUT2D eigenvalue weighted by Gasteiger charge is 2.13. The zero-order chi connectivity index (χ0) is 15.5. The van der Waals surface area contributed by atoms with Crippen LogP contribution in [-0.4, -0.2) is 31.4 Å². The van der Waals surface area contributed by atoms with E-state index in [2.05, 4.69) is 31.9 Å². The van der Waals surface area contributed by atoms with Crippen molar-refractivity contribution in [1.29, 1.82) is 0 Å². The number of aromatic nitrogens is 4. The molecular weight excluding hydrogens is 302 g/mol. The van der Waals surface area contributed by atoms with Crippen molar-refractivity contribution in [2.75, 3.05) is 11.1 Å². The van der Waals surface area contributed by atoms with Gasteiger partial charge < -0.3 is 9.09 Å². The van der Waals surface area contributed by atoms with Gasteiger partial charge in [0.2, 0.25) is 5.91 Å². The molecular formula is C14H15N5O2S. The van der Waals surface area contributed by atoms with Crippen LogP contribution in [0.1, 0.15) is 12.7 Å². The Kier molecular flexibility index (Phi) is 4.10. The molecule has 0 aliphatic rings. The molecule has 0 saturated carbocycles. The number of hydrogen-bond acceptors (Lipinski definition) is 6. The Morgan fingerprint density at radius 3 is 2.91 bits per heavy atom. The smallest absolute Gasteiger partial charge is 0.319 e. The highest BCUT2D eigenvalue weighted by Crippen LogP contribution is 2.24. The molecule has 114 valence electrons. The van der Waals surface area contributed by atoms with Crippen molar-refractivity contribution in [3.8, 4) is 0 Å². The minimum Gasteiger partial charge on any atom is -0.319 e. The summed E-state index contributed by atoms with van der Waals surface area (Å²) in [5.74, 6) is 0.504. The lowest BCUT2D eigenvalue weighted by molar-refractivity contribution is -0.114. The quantitative estimate of drug-likeness (QED) is 0.728. The number of nitrogens with zero attached hydrogens (tertiary/aromatic N) is 4. The Labute approximate surface area is 131 Å². The predicted molar refractivity (Wildman–Crippen MR) is 83.8 cm³/mol. The van der Waals surface area contributed by atoms with E-state index in [1.54, 1.807) is 6.92 Å². The number of benzene rings is 1. The third-order valence-electron chi connectivity index (χ3n) is 3.04. The Morgan fingerprint density at radius 1 is 1.36 bits per heavy atom. The molecule has 1 N–H and O–H groups in total. The van der Waals surface area contributed by atoms with Crippen LogP contribution in [0.4, 0.5) is 6.01 Å². The van der Waals surface area contributed by atoms with E-state index in [0.29, 0.717) is 5.82 Å². The van der Waals surface area contributed by atoms with Gasteiger partial charge in [-0.2, -0.15) is 4.98 Å². The number of carbonyl (C=O) groups is 1. The van der Waals surface area contributed by atoms with Gasteiger partial charge in [0, 0.05) is 6.54 Å². The summed E-state index contributed by atoms with van der Waals surface area (Å²) >= 11 is 1.38. The summed E-state index contributed by atoms with van der Waals surface area (Å²) < 4.78 is 6.94. The Morgan fingerprint density at radius 2 is 2.18 bits per heavy atom. The molecule has 0 spiro atoms. The fraction of sp³-hybridized carbons (Fsp3) is 0.286. The van der Waals surface area contributed by atoms with Crippen molar-refractivity contribution in [3.05, 3.63) is 30.1 Å². The third kappa shape index (κ3) is 2.96. The van der Waals surface area contributed by atoms with Crippen LogP contribution in [0.25, 0.3) is 11.0 Å². The van der Waals surface area contributed by atoms with Crippen LogP contribution in [0.2, 0.25) is 0 Å². The predicted octanol–water partition coefficient (Wildman–Crippen LogP) is 2.48. The second-order valence-electron chi connectivity index (χ2n) is 4.61. The fourth-order valence-electron chi connectivity index (χ4n) is 2.10. The average Bonchev–Trinajstić information content (AvgIpc) is 3.07. The topological polar surface area (TPSA) is 85.8 Å². The summed E-state index contributed by atoms with van der Waals surface area (Å²) in [4.78, 5) is 20.4. The zero-order valence-corrected chi connectivity index (χ0v) is 13.1. The standard InChI is InChI=1S/C14H15N5O2S/c1-3-19-11-7-5-4-6-10(11)16-14(19)22-8-12(20)17-13-15-9(2)18-21-13/h4-7H,3,8H2,1-2H3,(H,15,17,18,20). The molecule has 0 saturated heterocycles. The van der Waals surface area contributed by atoms with Gasteiger partial charge in [0.25, 0.3) is 0 Å². The Bertz CT molecular complexity index is 811. The Balaban J connectivity index is 1.69. The molecule has 0 aliphatic carbocycles. The molecule has 8 heteroatoms. The summed E-state index contributed by atoms with van der Waals surface area (Å²) in [6.45, 7) is 4.55. The number of aryl methyl sites for hydroxylation is 2. The van der Waals surface area contributed by atoms with Crippen LogP contribution in [0.5, 0.6) is 0 Å². The number of carbonyl (C=O) groups excluding carboxylic acids is 1. The minimum atomic E-state index is -0.205. The minimum absolute atomic E-state index is 0.118. The van der Waals surface area contributed by atoms with Crippen molar-refractivity contribution >= 4 is 34.7 Å². The van der Waals surface area contributed by atoms with E-state index in [1.807, 2.05) is 24.3 Å². The van der Waals surface area contributed by atoms with Gasteiger partial charge in [-0.15, -0.1) is 0 Å². The average molecular weight is 317 g/mol. The number of anilines is 1. The number of para-hydroxylation sites is 2. The first kappa shape index (κ1) is 14.6. The number of amides is 1. The second-order valence-corrected chi connectivity index (χ2v) is 5.55. The summed E-state index contributed by atoms with van der Waals surface area (Å²) in [6, 6.07) is 8.04. The molecule has 2 aromatic heterocycles. The molecule has 0 radical (unpaired) electrons. The van der Waals surface area contributed by atoms with Crippen molar-refractivity contribution in [2.24, 2.45) is 0 Å². The van der Waals surface area contributed by atoms with Crippen molar-refractivity contribution in [1.82, 2.24) is 19.7 Å². The lowest BCUT2D eigenvalue weighted by atomic mass is 10.3. The van der Waals surface area contributed by atoms with E-state index in [4.69, 9.17) is 4.52 Å². The van der Waals surface area contributed by atoms with Gasteiger partial charge in [0.1, 0.15) is 0 Å². The van der Waals surface area contributed by atoms with Crippen molar-refractivity contribution < 1.29 is 9.32 Å². The van der Waals surface area contributed by atoms with Crippen LogP contribution in [0.3, 0.4) is 0 Å². The molecule has 0 fully saturated rings. The molecule has 3 aromatic rings. The maximum absolute atomic E-state index is 11.9. The highest BCUT2D eigenvalue weighted by atomic mass is 32.2. The first-order valence-corrected chi connectivity index (χ1v) is 7.84. The van der Waals surface area contributed by atoms with E-state index in [-0.39, 0.29) is 17.7 Å². The molecule has 0 aliphatic heterocycles. The maximum Gasteiger partial charge on any atom is 0.328 e. The monoisotopic (exact) mass is 317 g/mol. The first-order chi connectivity index (χ1) is 10.7. The molecule has 1 amide bonds. The van der Waals surface area contributed by atoms with E-state index in [9.17, 15) is 4.79 Å². The molecule has 22 heavy (non-hydrogen) atoms. The van der Waals surface area contributed by atoms with Gasteiger partial charge in [0.05, 0.1) is 16.8 Å². The van der Waals surface area contributed by atoms with Crippen LogP contribution < -0.4 is 5.32 Å². The van der Waals surface area contributed by atoms with E-state index in [0.717, 1.165) is 22.7 Å². The molecule has 0 atom stereocenters. The number of imidazole rings is 1. The largest absolute Gasteiger partial charge is 0.328 e. The van der Waals surface area contributed by atoms with Crippen LogP contribution in [0.15, 0.2) is 33.9 Å². The number of hydrogen-bond donors (Lipinski definition) is 1. The first-order valence-electron chi connectivity index (χ1n) is 6.85. The van der Waals surface area contributed by atoms with E-state index >= 15 is 0 Å². The lowest BCUT2D eigenvalue weighted by Gasteiger charge is -2.05. The lowest BCUT2D eigenvalue weighted by Crippen LogP contribution is -2.14. The number of nitrogens with one attached hydrogen (secondary N) is 1. The summed E-state index contributed by atoms with van der Waals surface area (Å²) in [5, 5.41) is 7.01. The Hall–Kier alpha value is -2.35. The van der Waals surface area contributed by atoms with Gasteiger partial charge in [0.15, 0.2) is 11.0 Å². The van der Waals surface area contributed by atoms with Crippen LogP contribution in [-0.2, 0) is 11.3 Å². The van der Waals surface area contributed by atoms with E-state index in [1.165, 1.54) is 11.8 Å². The van der Waals surface area contributed by atoms with Gasteiger partial charge in [-0.1, -0.05) is 29.1 Å². The summed E-state index contributed by atoms with van der Waals surface area (Å²) in [5.41, 5.74) is 2.00. The molecule has 0 bridgehead atoms. The van der Waals surface area contributed by atoms with Crippen LogP contribution in [0, 0.1) is 6.92 Å². The summed E-state index contributed by atoms with van der Waals surface area (Å²) in [7, 11) is 0. The number of fused-ring (bicyclic) bond motifs is 1. The molecule has 1 aromatic carbocycles. The van der Waals surface area contributed by atoms with Crippen molar-refractivity contribution in [2.45, 2.75) is 25.5 Å². The molecule has 0 unspecified atom stereocenters. The number of rotatable bonds is 5. The van der Waals surface area contributed by atoms with Gasteiger partial charge in [-0.05, 0) is 26.0 Å². The maximum atomic E-state index is 11.9. The van der Waals surface area contributed by atoms with Gasteiger partial charge in [-0.3, -0.25) is 10.1 Å². The number of thioether (sulfide) groups is 1.